The Bertz CT molecular complexity index is 996. The van der Waals surface area contributed by atoms with E-state index in [4.69, 9.17) is 27.8 Å². The Morgan fingerprint density at radius 1 is 1.09 bits per heavy atom. The second-order valence-electron chi connectivity index (χ2n) is 7.83. The zero-order valence-electron chi connectivity index (χ0n) is 17.5. The summed E-state index contributed by atoms with van der Waals surface area (Å²) in [6.45, 7) is 3.04. The zero-order valence-corrected chi connectivity index (χ0v) is 19.9. The molecular weight excluding hydrogens is 484 g/mol. The molecule has 0 aliphatic carbocycles. The Hall–Kier alpha value is -1.46. The van der Waals surface area contributed by atoms with Gasteiger partial charge in [0.05, 0.1) is 28.0 Å². The van der Waals surface area contributed by atoms with Crippen LogP contribution >= 0.6 is 23.2 Å². The molecule has 2 aromatic carbocycles. The van der Waals surface area contributed by atoms with Crippen LogP contribution in [0.4, 0.5) is 4.39 Å². The number of halogens is 3. The number of rotatable bonds is 4. The number of aliphatic hydroxyl groups excluding tert-OH is 1. The van der Waals surface area contributed by atoms with Gasteiger partial charge < -0.3 is 15.3 Å². The van der Waals surface area contributed by atoms with Gasteiger partial charge in [-0.1, -0.05) is 35.3 Å². The molecule has 0 saturated carbocycles. The molecule has 0 spiro atoms. The maximum absolute atomic E-state index is 13.1. The lowest BCUT2D eigenvalue weighted by Gasteiger charge is -2.42. The van der Waals surface area contributed by atoms with Crippen LogP contribution in [0.1, 0.15) is 37.0 Å². The van der Waals surface area contributed by atoms with Crippen LogP contribution in [-0.4, -0.2) is 58.6 Å². The number of aliphatic hydroxyl groups is 2. The minimum atomic E-state index is -3.67. The number of phenols is 1. The Labute approximate surface area is 196 Å². The van der Waals surface area contributed by atoms with Crippen molar-refractivity contribution in [3.05, 3.63) is 63.4 Å². The van der Waals surface area contributed by atoms with Crippen molar-refractivity contribution in [1.29, 1.82) is 0 Å². The topological polar surface area (TPSA) is 118 Å². The quantitative estimate of drug-likeness (QED) is 0.463. The van der Waals surface area contributed by atoms with E-state index in [0.29, 0.717) is 43.3 Å². The summed E-state index contributed by atoms with van der Waals surface area (Å²) in [7, 11) is -3.67. The number of piperidine rings is 1. The lowest BCUT2D eigenvalue weighted by molar-refractivity contribution is -0.0502. The van der Waals surface area contributed by atoms with E-state index in [0.717, 1.165) is 0 Å². The number of aromatic hydroxyl groups is 1. The van der Waals surface area contributed by atoms with Crippen molar-refractivity contribution < 1.29 is 32.7 Å². The average molecular weight is 510 g/mol. The summed E-state index contributed by atoms with van der Waals surface area (Å²) in [5, 5.41) is 31.5. The molecule has 1 aliphatic rings. The highest BCUT2D eigenvalue weighted by molar-refractivity contribution is 7.85. The van der Waals surface area contributed by atoms with Crippen LogP contribution in [-0.2, 0) is 15.7 Å². The maximum atomic E-state index is 13.1. The molecule has 7 nitrogen and oxygen atoms in total. The Morgan fingerprint density at radius 2 is 1.53 bits per heavy atom. The van der Waals surface area contributed by atoms with Gasteiger partial charge in [-0.3, -0.25) is 9.45 Å². The molecular formula is C21H26Cl2FNO6S. The predicted octanol–water partition coefficient (Wildman–Crippen LogP) is 3.75. The summed E-state index contributed by atoms with van der Waals surface area (Å²) in [5.74, 6) is -0.535. The van der Waals surface area contributed by atoms with Gasteiger partial charge >= 0.3 is 0 Å². The van der Waals surface area contributed by atoms with Crippen molar-refractivity contribution in [2.75, 3.05) is 19.3 Å². The van der Waals surface area contributed by atoms with E-state index in [2.05, 4.69) is 4.90 Å². The van der Waals surface area contributed by atoms with Gasteiger partial charge in [0.15, 0.2) is 5.75 Å². The summed E-state index contributed by atoms with van der Waals surface area (Å²) >= 11 is 11.9. The first-order valence-corrected chi connectivity index (χ1v) is 12.3. The molecule has 178 valence electrons. The highest BCUT2D eigenvalue weighted by atomic mass is 35.5. The number of hydrogen-bond donors (Lipinski definition) is 4. The monoisotopic (exact) mass is 509 g/mol. The van der Waals surface area contributed by atoms with Crippen LogP contribution in [0.3, 0.4) is 0 Å². The van der Waals surface area contributed by atoms with Crippen LogP contribution in [0.25, 0.3) is 0 Å². The fraction of sp³-hybridized carbons (Fsp3) is 0.429. The second-order valence-corrected chi connectivity index (χ2v) is 10.1. The number of hydrogen-bond acceptors (Lipinski definition) is 6. The summed E-state index contributed by atoms with van der Waals surface area (Å²) in [5.41, 5.74) is 0.226. The minimum absolute atomic E-state index is 0.0908. The van der Waals surface area contributed by atoms with Crippen molar-refractivity contribution in [3.63, 3.8) is 0 Å². The molecule has 1 fully saturated rings. The average Bonchev–Trinajstić information content (AvgIpc) is 2.70. The van der Waals surface area contributed by atoms with Gasteiger partial charge in [0.2, 0.25) is 0 Å². The molecule has 1 heterocycles. The number of nitrogens with zero attached hydrogens (tertiary/aromatic N) is 1. The van der Waals surface area contributed by atoms with E-state index >= 15 is 0 Å². The molecule has 0 bridgehead atoms. The Kier molecular flexibility index (Phi) is 8.91. The molecule has 2 aromatic rings. The molecule has 1 aliphatic heterocycles. The summed E-state index contributed by atoms with van der Waals surface area (Å²) in [6, 6.07) is 8.70. The highest BCUT2D eigenvalue weighted by Crippen LogP contribution is 2.38. The first-order chi connectivity index (χ1) is 14.7. The maximum Gasteiger partial charge on any atom is 0.261 e. The molecule has 0 radical (unpaired) electrons. The van der Waals surface area contributed by atoms with E-state index in [9.17, 15) is 28.1 Å². The molecule has 0 aromatic heterocycles. The summed E-state index contributed by atoms with van der Waals surface area (Å²) in [4.78, 5) is 2.08. The van der Waals surface area contributed by atoms with Crippen LogP contribution in [0.2, 0.25) is 10.0 Å². The smallest absolute Gasteiger partial charge is 0.261 e. The molecule has 0 unspecified atom stereocenters. The van der Waals surface area contributed by atoms with E-state index < -0.39 is 21.8 Å². The van der Waals surface area contributed by atoms with Gasteiger partial charge in [-0.2, -0.15) is 8.42 Å². The molecule has 2 atom stereocenters. The Balaban J connectivity index is 0.000000654. The van der Waals surface area contributed by atoms with Gasteiger partial charge in [-0.05, 0) is 55.2 Å². The lowest BCUT2D eigenvalue weighted by Crippen LogP contribution is -2.47. The van der Waals surface area contributed by atoms with E-state index in [1.54, 1.807) is 12.1 Å². The van der Waals surface area contributed by atoms with Crippen LogP contribution in [0, 0.1) is 5.82 Å². The third-order valence-electron chi connectivity index (χ3n) is 5.42. The molecule has 0 amide bonds. The van der Waals surface area contributed by atoms with Gasteiger partial charge in [-0.25, -0.2) is 4.39 Å². The van der Waals surface area contributed by atoms with E-state index in [1.807, 2.05) is 6.92 Å². The fourth-order valence-electron chi connectivity index (χ4n) is 3.58. The van der Waals surface area contributed by atoms with Crippen molar-refractivity contribution in [2.24, 2.45) is 0 Å². The van der Waals surface area contributed by atoms with Crippen LogP contribution in [0.5, 0.6) is 5.75 Å². The Morgan fingerprint density at radius 3 is 1.97 bits per heavy atom. The van der Waals surface area contributed by atoms with Gasteiger partial charge in [-0.15, -0.1) is 0 Å². The third kappa shape index (κ3) is 7.28. The van der Waals surface area contributed by atoms with E-state index in [1.165, 1.54) is 24.3 Å². The molecule has 4 N–H and O–H groups in total. The van der Waals surface area contributed by atoms with Crippen molar-refractivity contribution in [2.45, 2.75) is 37.5 Å². The first-order valence-electron chi connectivity index (χ1n) is 9.72. The SMILES string of the molecule is CS(=O)(=O)O.C[C@H]([C@H](O)c1cc(Cl)c(O)c(Cl)c1)N1CCC(O)(c2ccc(F)cc2)CC1. The number of phenolic OH excluding ortho intramolecular Hbond substituents is 1. The lowest BCUT2D eigenvalue weighted by atomic mass is 9.83. The second kappa shape index (κ2) is 10.6. The number of likely N-dealkylation sites (tertiary alicyclic amines) is 1. The number of benzene rings is 2. The highest BCUT2D eigenvalue weighted by Gasteiger charge is 2.36. The first kappa shape index (κ1) is 26.8. The fourth-order valence-corrected chi connectivity index (χ4v) is 4.09. The van der Waals surface area contributed by atoms with Crippen molar-refractivity contribution >= 4 is 33.3 Å². The van der Waals surface area contributed by atoms with Crippen LogP contribution in [0.15, 0.2) is 36.4 Å². The minimum Gasteiger partial charge on any atom is -0.505 e. The molecule has 32 heavy (non-hydrogen) atoms. The van der Waals surface area contributed by atoms with Crippen molar-refractivity contribution in [3.8, 4) is 5.75 Å². The predicted molar refractivity (Wildman–Crippen MR) is 121 cm³/mol. The van der Waals surface area contributed by atoms with Crippen LogP contribution < -0.4 is 0 Å². The summed E-state index contributed by atoms with van der Waals surface area (Å²) < 4.78 is 39.0. The largest absolute Gasteiger partial charge is 0.505 e. The summed E-state index contributed by atoms with van der Waals surface area (Å²) in [6.07, 6.45) is 0.824. The van der Waals surface area contributed by atoms with Gasteiger partial charge in [0.1, 0.15) is 5.82 Å². The molecule has 11 heteroatoms. The molecule has 3 rings (SSSR count). The third-order valence-corrected chi connectivity index (χ3v) is 6.00. The molecule has 1 saturated heterocycles. The van der Waals surface area contributed by atoms with Gasteiger partial charge in [0.25, 0.3) is 10.1 Å². The zero-order chi connectivity index (χ0) is 24.3. The van der Waals surface area contributed by atoms with Gasteiger partial charge in [0, 0.05) is 19.1 Å². The normalized spacial score (nSPS) is 18.4. The van der Waals surface area contributed by atoms with Crippen molar-refractivity contribution in [1.82, 2.24) is 4.90 Å². The van der Waals surface area contributed by atoms with E-state index in [-0.39, 0.29) is 27.7 Å². The standard InChI is InChI=1S/C20H22Cl2FNO3.CH4O3S/c1-12(18(25)13-10-16(21)19(26)17(22)11-13)24-8-6-20(27,7-9-24)14-2-4-15(23)5-3-14;1-5(2,3)4/h2-5,10-12,18,25-27H,6-9H2,1H3;1H3,(H,2,3,4)/t12-,18+;/m1./s1.